The van der Waals surface area contributed by atoms with Gasteiger partial charge in [-0.3, -0.25) is 4.79 Å². The monoisotopic (exact) mass is 266 g/mol. The number of hydrogen-bond donors (Lipinski definition) is 2. The molecule has 2 N–H and O–H groups in total. The molecular formula is C14H19ClN2O. The first-order chi connectivity index (χ1) is 8.60. The minimum absolute atomic E-state index is 0.154. The van der Waals surface area contributed by atoms with Crippen LogP contribution >= 0.6 is 11.6 Å². The number of amides is 1. The van der Waals surface area contributed by atoms with E-state index in [0.717, 1.165) is 11.6 Å². The summed E-state index contributed by atoms with van der Waals surface area (Å²) < 4.78 is 0. The molecular weight excluding hydrogens is 248 g/mol. The highest BCUT2D eigenvalue weighted by Crippen LogP contribution is 2.34. The molecule has 4 heteroatoms. The summed E-state index contributed by atoms with van der Waals surface area (Å²) in [6.07, 6.45) is 3.91. The van der Waals surface area contributed by atoms with Crippen molar-refractivity contribution in [3.05, 3.63) is 28.8 Å². The van der Waals surface area contributed by atoms with Crippen LogP contribution < -0.4 is 10.6 Å². The highest BCUT2D eigenvalue weighted by molar-refractivity contribution is 6.34. The normalized spacial score (nSPS) is 16.2. The van der Waals surface area contributed by atoms with E-state index in [2.05, 4.69) is 17.6 Å². The van der Waals surface area contributed by atoms with E-state index in [0.29, 0.717) is 16.6 Å². The second kappa shape index (κ2) is 5.61. The molecule has 1 fully saturated rings. The topological polar surface area (TPSA) is 41.1 Å². The first kappa shape index (κ1) is 13.2. The summed E-state index contributed by atoms with van der Waals surface area (Å²) in [6, 6.07) is 5.91. The number of halogens is 1. The molecule has 0 spiro atoms. The molecule has 0 aliphatic heterocycles. The second-order valence-corrected chi connectivity index (χ2v) is 5.41. The lowest BCUT2D eigenvalue weighted by Crippen LogP contribution is -2.19. The first-order valence-electron chi connectivity index (χ1n) is 6.38. The third kappa shape index (κ3) is 3.39. The Labute approximate surface area is 113 Å². The van der Waals surface area contributed by atoms with Crippen molar-refractivity contribution in [3.8, 4) is 0 Å². The lowest BCUT2D eigenvalue weighted by molar-refractivity contribution is 0.0963. The molecule has 1 aliphatic carbocycles. The van der Waals surface area contributed by atoms with Gasteiger partial charge in [0.2, 0.25) is 0 Å². The Kier molecular flexibility index (Phi) is 4.12. The quantitative estimate of drug-likeness (QED) is 0.859. The van der Waals surface area contributed by atoms with Crippen LogP contribution in [0.4, 0.5) is 5.69 Å². The van der Waals surface area contributed by atoms with Gasteiger partial charge in [-0.2, -0.15) is 0 Å². The van der Waals surface area contributed by atoms with Crippen molar-refractivity contribution in [1.29, 1.82) is 0 Å². The Bertz CT molecular complexity index is 443. The van der Waals surface area contributed by atoms with Gasteiger partial charge < -0.3 is 10.6 Å². The Morgan fingerprint density at radius 3 is 2.83 bits per heavy atom. The van der Waals surface area contributed by atoms with E-state index < -0.39 is 0 Å². The Balaban J connectivity index is 2.05. The van der Waals surface area contributed by atoms with Crippen molar-refractivity contribution in [2.75, 3.05) is 12.4 Å². The van der Waals surface area contributed by atoms with E-state index in [9.17, 15) is 4.79 Å². The summed E-state index contributed by atoms with van der Waals surface area (Å²) in [6.45, 7) is 2.17. The van der Waals surface area contributed by atoms with E-state index >= 15 is 0 Å². The maximum absolute atomic E-state index is 11.6. The number of anilines is 1. The van der Waals surface area contributed by atoms with Gasteiger partial charge in [-0.15, -0.1) is 0 Å². The molecule has 0 bridgehead atoms. The molecule has 1 atom stereocenters. The number of rotatable bonds is 5. The van der Waals surface area contributed by atoms with Crippen LogP contribution in [0.25, 0.3) is 0 Å². The van der Waals surface area contributed by atoms with Crippen molar-refractivity contribution in [1.82, 2.24) is 5.32 Å². The Hall–Kier alpha value is -1.22. The van der Waals surface area contributed by atoms with E-state index in [1.54, 1.807) is 13.1 Å². The summed E-state index contributed by atoms with van der Waals surface area (Å²) in [7, 11) is 1.61. The molecule has 1 aromatic carbocycles. The smallest absolute Gasteiger partial charge is 0.252 e. The second-order valence-electron chi connectivity index (χ2n) is 5.00. The van der Waals surface area contributed by atoms with Gasteiger partial charge in [-0.1, -0.05) is 24.4 Å². The summed E-state index contributed by atoms with van der Waals surface area (Å²) in [4.78, 5) is 11.6. The maximum Gasteiger partial charge on any atom is 0.252 e. The van der Waals surface area contributed by atoms with Crippen molar-refractivity contribution in [3.63, 3.8) is 0 Å². The predicted molar refractivity (Wildman–Crippen MR) is 75.3 cm³/mol. The molecule has 1 aliphatic rings. The molecule has 3 nitrogen and oxygen atoms in total. The largest absolute Gasteiger partial charge is 0.383 e. The van der Waals surface area contributed by atoms with E-state index in [-0.39, 0.29) is 5.91 Å². The molecule has 1 saturated carbocycles. The fraction of sp³-hybridized carbons (Fsp3) is 0.500. The van der Waals surface area contributed by atoms with Crippen molar-refractivity contribution >= 4 is 23.2 Å². The number of carbonyl (C=O) groups is 1. The van der Waals surface area contributed by atoms with Crippen LogP contribution in [0.15, 0.2) is 18.2 Å². The zero-order chi connectivity index (χ0) is 13.1. The van der Waals surface area contributed by atoms with Crippen LogP contribution in [0, 0.1) is 5.92 Å². The van der Waals surface area contributed by atoms with E-state index in [1.165, 1.54) is 19.3 Å². The van der Waals surface area contributed by atoms with Crippen LogP contribution in [0.3, 0.4) is 0 Å². The molecule has 1 aromatic rings. The SMILES string of the molecule is CNC(=O)c1cc(NC(C)CC2CC2)ccc1Cl. The number of benzene rings is 1. The van der Waals surface area contributed by atoms with Crippen LogP contribution in [0.5, 0.6) is 0 Å². The maximum atomic E-state index is 11.6. The van der Waals surface area contributed by atoms with Crippen LogP contribution in [-0.2, 0) is 0 Å². The third-order valence-corrected chi connectivity index (χ3v) is 3.56. The lowest BCUT2D eigenvalue weighted by Gasteiger charge is -2.16. The van der Waals surface area contributed by atoms with Gasteiger partial charge in [0.15, 0.2) is 0 Å². The van der Waals surface area contributed by atoms with E-state index in [1.807, 2.05) is 12.1 Å². The standard InChI is InChI=1S/C14H19ClN2O/c1-9(7-10-3-4-10)17-11-5-6-13(15)12(8-11)14(18)16-2/h5-6,8-10,17H,3-4,7H2,1-2H3,(H,16,18). The minimum Gasteiger partial charge on any atom is -0.383 e. The fourth-order valence-corrected chi connectivity index (χ4v) is 2.32. The summed E-state index contributed by atoms with van der Waals surface area (Å²) in [5, 5.41) is 6.50. The third-order valence-electron chi connectivity index (χ3n) is 3.23. The fourth-order valence-electron chi connectivity index (χ4n) is 2.12. The van der Waals surface area contributed by atoms with Crippen LogP contribution in [0.2, 0.25) is 5.02 Å². The van der Waals surface area contributed by atoms with Gasteiger partial charge in [0.1, 0.15) is 0 Å². The summed E-state index contributed by atoms with van der Waals surface area (Å²) in [5.41, 5.74) is 1.47. The molecule has 2 rings (SSSR count). The molecule has 18 heavy (non-hydrogen) atoms. The van der Waals surface area contributed by atoms with Gasteiger partial charge in [0, 0.05) is 18.8 Å². The minimum atomic E-state index is -0.154. The molecule has 98 valence electrons. The zero-order valence-electron chi connectivity index (χ0n) is 10.8. The van der Waals surface area contributed by atoms with Crippen molar-refractivity contribution in [2.24, 2.45) is 5.92 Å². The van der Waals surface area contributed by atoms with Crippen molar-refractivity contribution < 1.29 is 4.79 Å². The van der Waals surface area contributed by atoms with Gasteiger partial charge in [-0.05, 0) is 37.5 Å². The van der Waals surface area contributed by atoms with Gasteiger partial charge >= 0.3 is 0 Å². The van der Waals surface area contributed by atoms with Crippen LogP contribution in [-0.4, -0.2) is 19.0 Å². The summed E-state index contributed by atoms with van der Waals surface area (Å²) >= 11 is 6.01. The predicted octanol–water partition coefficient (Wildman–Crippen LogP) is 3.30. The lowest BCUT2D eigenvalue weighted by atomic mass is 10.1. The molecule has 0 saturated heterocycles. The van der Waals surface area contributed by atoms with Gasteiger partial charge in [-0.25, -0.2) is 0 Å². The highest BCUT2D eigenvalue weighted by atomic mass is 35.5. The highest BCUT2D eigenvalue weighted by Gasteiger charge is 2.23. The number of nitrogens with one attached hydrogen (secondary N) is 2. The van der Waals surface area contributed by atoms with Crippen molar-refractivity contribution in [2.45, 2.75) is 32.2 Å². The average molecular weight is 267 g/mol. The Morgan fingerprint density at radius 1 is 1.50 bits per heavy atom. The van der Waals surface area contributed by atoms with Gasteiger partial charge in [0.25, 0.3) is 5.91 Å². The average Bonchev–Trinajstić information content (AvgIpc) is 3.14. The molecule has 1 unspecified atom stereocenters. The molecule has 0 radical (unpaired) electrons. The van der Waals surface area contributed by atoms with E-state index in [4.69, 9.17) is 11.6 Å². The molecule has 0 aromatic heterocycles. The van der Waals surface area contributed by atoms with Crippen LogP contribution in [0.1, 0.15) is 36.5 Å². The molecule has 0 heterocycles. The van der Waals surface area contributed by atoms with Gasteiger partial charge in [0.05, 0.1) is 10.6 Å². The Morgan fingerprint density at radius 2 is 2.22 bits per heavy atom. The number of hydrogen-bond acceptors (Lipinski definition) is 2. The number of carbonyl (C=O) groups excluding carboxylic acids is 1. The summed E-state index contributed by atoms with van der Waals surface area (Å²) in [5.74, 6) is 0.733. The zero-order valence-corrected chi connectivity index (χ0v) is 11.6. The molecule has 1 amide bonds. The first-order valence-corrected chi connectivity index (χ1v) is 6.76.